The number of carbonyl (C=O) groups is 1. The predicted molar refractivity (Wildman–Crippen MR) is 176 cm³/mol. The summed E-state index contributed by atoms with van der Waals surface area (Å²) in [5.74, 6) is 0.0776. The molecule has 0 aliphatic carbocycles. The monoisotopic (exact) mass is 645 g/mol. The highest BCUT2D eigenvalue weighted by molar-refractivity contribution is 7.16. The molecule has 1 amide bonds. The number of aromatic amines is 1. The molecule has 3 aromatic rings. The first kappa shape index (κ1) is 33.0. The number of nitrogens with one attached hydrogen (secondary N) is 2. The van der Waals surface area contributed by atoms with Gasteiger partial charge in [-0.15, -0.1) is 11.3 Å². The molecule has 1 atom stereocenters. The smallest absolute Gasteiger partial charge is 0.305 e. The second-order valence-electron chi connectivity index (χ2n) is 12.3. The number of fused-ring (bicyclic) bond motifs is 1. The van der Waals surface area contributed by atoms with Crippen molar-refractivity contribution in [1.82, 2.24) is 25.1 Å². The summed E-state index contributed by atoms with van der Waals surface area (Å²) in [5, 5.41) is 24.8. The van der Waals surface area contributed by atoms with Crippen LogP contribution in [0.15, 0.2) is 16.9 Å². The van der Waals surface area contributed by atoms with Gasteiger partial charge in [-0.3, -0.25) is 9.59 Å². The maximum Gasteiger partial charge on any atom is 0.305 e. The first-order valence-electron chi connectivity index (χ1n) is 16.1. The number of H-pyrrole nitrogens is 1. The van der Waals surface area contributed by atoms with Crippen LogP contribution in [0.4, 0.5) is 0 Å². The number of amides is 1. The molecule has 0 saturated carbocycles. The van der Waals surface area contributed by atoms with Crippen molar-refractivity contribution in [2.24, 2.45) is 0 Å². The maximum absolute atomic E-state index is 13.1. The number of aryl methyl sites for hydroxylation is 2. The molecule has 2 aliphatic rings. The summed E-state index contributed by atoms with van der Waals surface area (Å²) in [4.78, 5) is 37.2. The number of phenolic OH excluding ortho intramolecular Hbond substituents is 1. The summed E-state index contributed by atoms with van der Waals surface area (Å²) in [6.45, 7) is 10.3. The maximum atomic E-state index is 13.1. The minimum absolute atomic E-state index is 0.0247. The Balaban J connectivity index is 0.891. The number of rotatable bonds is 14. The molecule has 0 bridgehead atoms. The van der Waals surface area contributed by atoms with E-state index in [1.54, 1.807) is 17.4 Å². The largest absolute Gasteiger partial charge is 0.506 e. The zero-order valence-corrected chi connectivity index (χ0v) is 27.7. The number of phenols is 1. The number of aliphatic hydroxyl groups is 1. The lowest BCUT2D eigenvalue weighted by Crippen LogP contribution is -2.58. The Morgan fingerprint density at radius 2 is 1.82 bits per heavy atom. The van der Waals surface area contributed by atoms with E-state index in [0.717, 1.165) is 66.7 Å². The van der Waals surface area contributed by atoms with Crippen LogP contribution >= 0.6 is 22.7 Å². The second kappa shape index (κ2) is 15.3. The molecule has 2 fully saturated rings. The summed E-state index contributed by atoms with van der Waals surface area (Å²) in [6, 6.07) is 3.20. The number of carbonyl (C=O) groups excluding carboxylic acids is 1. The molecule has 44 heavy (non-hydrogen) atoms. The molecule has 4 heterocycles. The lowest BCUT2D eigenvalue weighted by atomic mass is 9.89. The number of unbranched alkanes of at least 4 members (excludes halogenated alkanes) is 6. The zero-order valence-electron chi connectivity index (χ0n) is 26.0. The van der Waals surface area contributed by atoms with Crippen molar-refractivity contribution < 1.29 is 19.7 Å². The fourth-order valence-corrected chi connectivity index (χ4v) is 8.23. The van der Waals surface area contributed by atoms with Crippen LogP contribution < -0.4 is 10.2 Å². The van der Waals surface area contributed by atoms with E-state index in [9.17, 15) is 19.8 Å². The van der Waals surface area contributed by atoms with E-state index in [4.69, 9.17) is 4.74 Å². The number of hydrogen-bond acceptors (Lipinski definition) is 10. The summed E-state index contributed by atoms with van der Waals surface area (Å²) in [5.41, 5.74) is 1.46. The van der Waals surface area contributed by atoms with Gasteiger partial charge in [0.2, 0.25) is 0 Å². The highest BCUT2D eigenvalue weighted by atomic mass is 32.1. The summed E-state index contributed by atoms with van der Waals surface area (Å²) >= 11 is 2.60. The van der Waals surface area contributed by atoms with Crippen LogP contribution in [0.2, 0.25) is 0 Å². The summed E-state index contributed by atoms with van der Waals surface area (Å²) in [6.07, 6.45) is 9.67. The van der Waals surface area contributed by atoms with E-state index in [0.29, 0.717) is 47.7 Å². The normalized spacial score (nSPS) is 17.9. The van der Waals surface area contributed by atoms with Gasteiger partial charge >= 0.3 is 4.87 Å². The molecule has 242 valence electrons. The molecule has 2 saturated heterocycles. The Labute approximate surface area is 267 Å². The number of piperidine rings is 1. The zero-order chi connectivity index (χ0) is 31.1. The number of ether oxygens (including phenoxy) is 1. The van der Waals surface area contributed by atoms with Crippen molar-refractivity contribution in [2.45, 2.75) is 83.3 Å². The molecule has 4 N–H and O–H groups in total. The number of aromatic hydroxyl groups is 1. The van der Waals surface area contributed by atoms with Gasteiger partial charge in [-0.2, -0.15) is 0 Å². The van der Waals surface area contributed by atoms with Crippen LogP contribution in [-0.2, 0) is 4.74 Å². The Morgan fingerprint density at radius 3 is 2.55 bits per heavy atom. The molecule has 2 aliphatic heterocycles. The van der Waals surface area contributed by atoms with E-state index in [-0.39, 0.29) is 22.1 Å². The van der Waals surface area contributed by atoms with Crippen LogP contribution in [0.1, 0.15) is 89.8 Å². The molecular formula is C32H47N5O5S2. The van der Waals surface area contributed by atoms with E-state index >= 15 is 0 Å². The lowest BCUT2D eigenvalue weighted by molar-refractivity contribution is -0.127. The van der Waals surface area contributed by atoms with E-state index in [1.165, 1.54) is 44.6 Å². The van der Waals surface area contributed by atoms with Crippen molar-refractivity contribution >= 4 is 38.8 Å². The predicted octanol–water partition coefficient (Wildman–Crippen LogP) is 4.73. The standard InChI is InChI=1S/C32H47N5O5S2/c1-22-27(34-23(2)43-22)30(40)37-18-19-42-32(21-37)12-16-36(17-13-32)15-9-7-5-3-4-6-8-14-33-20-26(39)24-10-11-25(38)28-29(24)44-31(41)35-28/h10-11,26,33,38-39H,3-9,12-21H2,1-2H3,(H,35,41)/t26-/m0/s1. The number of aromatic nitrogens is 2. The highest BCUT2D eigenvalue weighted by Crippen LogP contribution is 2.32. The van der Waals surface area contributed by atoms with Crippen LogP contribution in [0.3, 0.4) is 0 Å². The minimum atomic E-state index is -0.730. The Hall–Kier alpha value is -2.35. The number of hydrogen-bond donors (Lipinski definition) is 4. The molecule has 1 spiro atoms. The van der Waals surface area contributed by atoms with Gasteiger partial charge in [0.15, 0.2) is 0 Å². The minimum Gasteiger partial charge on any atom is -0.506 e. The van der Waals surface area contributed by atoms with Crippen LogP contribution in [0, 0.1) is 13.8 Å². The molecule has 2 aromatic heterocycles. The van der Waals surface area contributed by atoms with Gasteiger partial charge in [0.1, 0.15) is 17.0 Å². The first-order valence-corrected chi connectivity index (χ1v) is 17.7. The average Bonchev–Trinajstić information content (AvgIpc) is 3.57. The van der Waals surface area contributed by atoms with Crippen molar-refractivity contribution in [3.8, 4) is 5.75 Å². The summed E-state index contributed by atoms with van der Waals surface area (Å²) < 4.78 is 6.90. The number of likely N-dealkylation sites (tertiary alicyclic amines) is 1. The fourth-order valence-electron chi connectivity index (χ4n) is 6.50. The molecular weight excluding hydrogens is 599 g/mol. The molecule has 1 aromatic carbocycles. The highest BCUT2D eigenvalue weighted by Gasteiger charge is 2.41. The van der Waals surface area contributed by atoms with E-state index < -0.39 is 6.10 Å². The van der Waals surface area contributed by atoms with E-state index in [1.807, 2.05) is 18.7 Å². The third-order valence-corrected chi connectivity index (χ3v) is 10.8. The second-order valence-corrected chi connectivity index (χ2v) is 14.7. The molecule has 12 heteroatoms. The van der Waals surface area contributed by atoms with Crippen molar-refractivity contribution in [3.05, 3.63) is 42.9 Å². The Kier molecular flexibility index (Phi) is 11.5. The fraction of sp³-hybridized carbons (Fsp3) is 0.656. The average molecular weight is 646 g/mol. The number of benzene rings is 1. The number of morpholine rings is 1. The van der Waals surface area contributed by atoms with Gasteiger partial charge < -0.3 is 35.1 Å². The number of aliphatic hydroxyl groups excluding tert-OH is 1. The Morgan fingerprint density at radius 1 is 1.09 bits per heavy atom. The van der Waals surface area contributed by atoms with Crippen molar-refractivity contribution in [2.75, 3.05) is 52.4 Å². The van der Waals surface area contributed by atoms with E-state index in [2.05, 4.69) is 20.2 Å². The van der Waals surface area contributed by atoms with Crippen LogP contribution in [-0.4, -0.2) is 93.9 Å². The number of thiazole rings is 2. The molecule has 5 rings (SSSR count). The van der Waals surface area contributed by atoms with Crippen molar-refractivity contribution in [3.63, 3.8) is 0 Å². The van der Waals surface area contributed by atoms with Gasteiger partial charge in [-0.1, -0.05) is 49.5 Å². The van der Waals surface area contributed by atoms with Gasteiger partial charge in [-0.25, -0.2) is 4.98 Å². The third-order valence-electron chi connectivity index (χ3n) is 9.02. The SMILES string of the molecule is Cc1nc(C(=O)N2CCOC3(CCN(CCCCCCCCCNC[C@H](O)c4ccc(O)c5[nH]c(=O)sc45)CC3)C2)c(C)s1. The van der Waals surface area contributed by atoms with Crippen LogP contribution in [0.5, 0.6) is 5.75 Å². The third kappa shape index (κ3) is 8.27. The molecule has 0 unspecified atom stereocenters. The first-order chi connectivity index (χ1) is 21.2. The number of nitrogens with zero attached hydrogens (tertiary/aromatic N) is 3. The quantitative estimate of drug-likeness (QED) is 0.185. The van der Waals surface area contributed by atoms with Crippen molar-refractivity contribution in [1.29, 1.82) is 0 Å². The molecule has 0 radical (unpaired) electrons. The molecule has 10 nitrogen and oxygen atoms in total. The lowest BCUT2D eigenvalue weighted by Gasteiger charge is -2.47. The summed E-state index contributed by atoms with van der Waals surface area (Å²) in [7, 11) is 0. The Bertz CT molecular complexity index is 1440. The topological polar surface area (TPSA) is 131 Å². The van der Waals surface area contributed by atoms with Gasteiger partial charge in [0.25, 0.3) is 5.91 Å². The van der Waals surface area contributed by atoms with Gasteiger partial charge in [0.05, 0.1) is 34.6 Å². The van der Waals surface area contributed by atoms with Crippen LogP contribution in [0.25, 0.3) is 10.2 Å². The van der Waals surface area contributed by atoms with Gasteiger partial charge in [-0.05, 0) is 58.7 Å². The van der Waals surface area contributed by atoms with Gasteiger partial charge in [0, 0.05) is 36.6 Å².